The summed E-state index contributed by atoms with van der Waals surface area (Å²) in [5.41, 5.74) is -5.55. The Hall–Kier alpha value is -4.60. The lowest BCUT2D eigenvalue weighted by molar-refractivity contribution is -0.160. The zero-order chi connectivity index (χ0) is 32.4. The first kappa shape index (κ1) is 31.3. The minimum Gasteiger partial charge on any atom is -0.450 e. The lowest BCUT2D eigenvalue weighted by Gasteiger charge is -2.26. The number of aryl methyl sites for hydroxylation is 1. The third-order valence-electron chi connectivity index (χ3n) is 6.94. The van der Waals surface area contributed by atoms with E-state index in [0.29, 0.717) is 21.4 Å². The molecule has 1 saturated heterocycles. The molecule has 43 heavy (non-hydrogen) atoms. The third kappa shape index (κ3) is 5.15. The smallest absolute Gasteiger partial charge is 0.358 e. The van der Waals surface area contributed by atoms with Gasteiger partial charge in [-0.25, -0.2) is 17.8 Å². The van der Waals surface area contributed by atoms with Gasteiger partial charge in [-0.15, -0.1) is 9.09 Å². The van der Waals surface area contributed by atoms with Crippen molar-refractivity contribution < 1.29 is 37.1 Å². The minimum atomic E-state index is -4.79. The standard InChI is InChI=1S/C27H31N5O10S/c1-14(2)17-12-21-19(11-18(17)20-9-10-28-29(20)8)22(35)31(25(38)30(21)23(36)26(5,6)41-15(3)33)32-24(37)27(7,42-16(4)34)13-43(32,39)40/h9-12,14H,13H2,1-8H3. The van der Waals surface area contributed by atoms with Crippen molar-refractivity contribution in [2.24, 2.45) is 7.05 Å². The number of hydrogen-bond donors (Lipinski definition) is 0. The summed E-state index contributed by atoms with van der Waals surface area (Å²) in [5.74, 6) is -5.62. The first-order valence-corrected chi connectivity index (χ1v) is 14.7. The number of sulfonamides is 1. The van der Waals surface area contributed by atoms with Gasteiger partial charge in [0, 0.05) is 32.7 Å². The van der Waals surface area contributed by atoms with Crippen molar-refractivity contribution in [3.05, 3.63) is 50.8 Å². The van der Waals surface area contributed by atoms with Gasteiger partial charge in [-0.3, -0.25) is 28.7 Å². The van der Waals surface area contributed by atoms with Gasteiger partial charge in [0.05, 0.1) is 16.6 Å². The molecule has 1 unspecified atom stereocenters. The van der Waals surface area contributed by atoms with Crippen molar-refractivity contribution in [2.75, 3.05) is 10.2 Å². The SMILES string of the molecule is CC(=O)OC(C)(C)C(=O)n1c(=O)n(N2C(=O)C(C)(OC(C)=O)CS2(=O)=O)c(=O)c2cc(-c3ccnn3C)c(C(C)C)cc21. The summed E-state index contributed by atoms with van der Waals surface area (Å²) in [6.45, 7) is 9.18. The maximum atomic E-state index is 14.1. The van der Waals surface area contributed by atoms with Gasteiger partial charge in [0.2, 0.25) is 5.60 Å². The predicted octanol–water partition coefficient (Wildman–Crippen LogP) is 0.799. The highest BCUT2D eigenvalue weighted by molar-refractivity contribution is 7.93. The molecular weight excluding hydrogens is 586 g/mol. The van der Waals surface area contributed by atoms with Crippen LogP contribution in [0.3, 0.4) is 0 Å². The van der Waals surface area contributed by atoms with Crippen LogP contribution >= 0.6 is 0 Å². The van der Waals surface area contributed by atoms with Crippen molar-refractivity contribution in [1.29, 1.82) is 0 Å². The number of amides is 1. The molecule has 1 aliphatic rings. The number of nitrogens with zero attached hydrogens (tertiary/aromatic N) is 5. The average molecular weight is 618 g/mol. The molecule has 15 nitrogen and oxygen atoms in total. The van der Waals surface area contributed by atoms with Crippen molar-refractivity contribution in [3.8, 4) is 11.3 Å². The van der Waals surface area contributed by atoms with E-state index in [4.69, 9.17) is 9.47 Å². The molecule has 0 radical (unpaired) electrons. The molecule has 0 bridgehead atoms. The summed E-state index contributed by atoms with van der Waals surface area (Å²) in [4.78, 5) is 79.0. The zero-order valence-corrected chi connectivity index (χ0v) is 25.6. The summed E-state index contributed by atoms with van der Waals surface area (Å²) >= 11 is 0. The second-order valence-electron chi connectivity index (χ2n) is 11.2. The lowest BCUT2D eigenvalue weighted by Crippen LogP contribution is -2.58. The van der Waals surface area contributed by atoms with Gasteiger partial charge in [-0.05, 0) is 50.5 Å². The van der Waals surface area contributed by atoms with Crippen LogP contribution in [0.2, 0.25) is 0 Å². The van der Waals surface area contributed by atoms with E-state index in [9.17, 15) is 37.2 Å². The van der Waals surface area contributed by atoms with E-state index in [1.54, 1.807) is 13.1 Å². The Labute approximate surface area is 245 Å². The fourth-order valence-corrected chi connectivity index (χ4v) is 6.97. The van der Waals surface area contributed by atoms with Crippen LogP contribution in [-0.4, -0.2) is 68.1 Å². The first-order chi connectivity index (χ1) is 19.7. The zero-order valence-electron chi connectivity index (χ0n) is 24.8. The summed E-state index contributed by atoms with van der Waals surface area (Å²) in [6.07, 6.45) is 1.53. The Bertz CT molecular complexity index is 1950. The van der Waals surface area contributed by atoms with Crippen LogP contribution in [0.15, 0.2) is 34.0 Å². The molecule has 1 atom stereocenters. The number of aromatic nitrogens is 4. The molecular formula is C27H31N5O10S. The van der Waals surface area contributed by atoms with Crippen molar-refractivity contribution in [1.82, 2.24) is 19.0 Å². The van der Waals surface area contributed by atoms with Crippen LogP contribution in [0.5, 0.6) is 0 Å². The van der Waals surface area contributed by atoms with Crippen molar-refractivity contribution in [2.45, 2.75) is 65.6 Å². The molecule has 0 spiro atoms. The monoisotopic (exact) mass is 617 g/mol. The highest BCUT2D eigenvalue weighted by Crippen LogP contribution is 2.33. The quantitative estimate of drug-likeness (QED) is 0.356. The number of carbonyl (C=O) groups excluding carboxylic acids is 4. The normalized spacial score (nSPS) is 18.3. The second kappa shape index (κ2) is 10.3. The Balaban J connectivity index is 2.20. The minimum absolute atomic E-state index is 0.0264. The topological polar surface area (TPSA) is 186 Å². The van der Waals surface area contributed by atoms with Crippen molar-refractivity contribution in [3.63, 3.8) is 0 Å². The number of fused-ring (bicyclic) bond motifs is 1. The predicted molar refractivity (Wildman–Crippen MR) is 152 cm³/mol. The molecule has 16 heteroatoms. The summed E-state index contributed by atoms with van der Waals surface area (Å²) in [7, 11) is -3.12. The van der Waals surface area contributed by atoms with E-state index < -0.39 is 62.0 Å². The molecule has 0 aliphatic carbocycles. The summed E-state index contributed by atoms with van der Waals surface area (Å²) in [5, 5.41) is 3.86. The van der Waals surface area contributed by atoms with E-state index in [1.165, 1.54) is 36.9 Å². The molecule has 1 aromatic carbocycles. The molecule has 230 valence electrons. The van der Waals surface area contributed by atoms with Crippen LogP contribution in [0.25, 0.3) is 22.2 Å². The molecule has 1 aliphatic heterocycles. The highest BCUT2D eigenvalue weighted by Gasteiger charge is 2.57. The average Bonchev–Trinajstić information content (AvgIpc) is 3.35. The van der Waals surface area contributed by atoms with E-state index in [-0.39, 0.29) is 25.9 Å². The number of carbonyl (C=O) groups is 4. The second-order valence-corrected chi connectivity index (χ2v) is 13.0. The molecule has 1 amide bonds. The van der Waals surface area contributed by atoms with Gasteiger partial charge in [0.25, 0.3) is 21.5 Å². The van der Waals surface area contributed by atoms with Gasteiger partial charge in [-0.1, -0.05) is 13.8 Å². The number of rotatable bonds is 6. The van der Waals surface area contributed by atoms with Gasteiger partial charge in [0.1, 0.15) is 5.75 Å². The molecule has 3 heterocycles. The van der Waals surface area contributed by atoms with E-state index in [2.05, 4.69) is 5.10 Å². The highest BCUT2D eigenvalue weighted by atomic mass is 32.2. The first-order valence-electron chi connectivity index (χ1n) is 13.1. The lowest BCUT2D eigenvalue weighted by atomic mass is 9.93. The molecule has 1 fully saturated rings. The van der Waals surface area contributed by atoms with E-state index >= 15 is 0 Å². The molecule has 0 saturated carbocycles. The maximum Gasteiger partial charge on any atom is 0.358 e. The Morgan fingerprint density at radius 2 is 1.70 bits per heavy atom. The number of esters is 2. The van der Waals surface area contributed by atoms with E-state index in [1.807, 2.05) is 13.8 Å². The molecule has 2 aromatic heterocycles. The van der Waals surface area contributed by atoms with Gasteiger partial charge in [-0.2, -0.15) is 5.10 Å². The Morgan fingerprint density at radius 1 is 1.07 bits per heavy atom. The fraction of sp³-hybridized carbons (Fsp3) is 0.444. The molecule has 3 aromatic rings. The Morgan fingerprint density at radius 3 is 2.21 bits per heavy atom. The van der Waals surface area contributed by atoms with Gasteiger partial charge in [0.15, 0.2) is 5.60 Å². The largest absolute Gasteiger partial charge is 0.450 e. The number of hydrogen-bond acceptors (Lipinski definition) is 11. The van der Waals surface area contributed by atoms with Crippen LogP contribution < -0.4 is 15.7 Å². The summed E-state index contributed by atoms with van der Waals surface area (Å²) in [6, 6.07) is 4.50. The molecule has 0 N–H and O–H groups in total. The maximum absolute atomic E-state index is 14.1. The molecule has 4 rings (SSSR count). The fourth-order valence-electron chi connectivity index (χ4n) is 5.13. The Kier molecular flexibility index (Phi) is 7.50. The van der Waals surface area contributed by atoms with Gasteiger partial charge >= 0.3 is 23.5 Å². The third-order valence-corrected chi connectivity index (χ3v) is 8.71. The van der Waals surface area contributed by atoms with Crippen LogP contribution in [0.1, 0.15) is 64.7 Å². The van der Waals surface area contributed by atoms with Crippen molar-refractivity contribution >= 4 is 44.7 Å². The van der Waals surface area contributed by atoms with Crippen LogP contribution in [0.4, 0.5) is 0 Å². The number of benzene rings is 1. The number of ether oxygens (including phenoxy) is 2. The summed E-state index contributed by atoms with van der Waals surface area (Å²) < 4.78 is 38.8. The van der Waals surface area contributed by atoms with Crippen LogP contribution in [-0.2, 0) is 40.9 Å². The van der Waals surface area contributed by atoms with Crippen LogP contribution in [0, 0.1) is 0 Å². The van der Waals surface area contributed by atoms with Gasteiger partial charge < -0.3 is 9.47 Å². The van der Waals surface area contributed by atoms with E-state index in [0.717, 1.165) is 20.8 Å².